The van der Waals surface area contributed by atoms with Gasteiger partial charge in [-0.1, -0.05) is 74.5 Å². The van der Waals surface area contributed by atoms with Crippen molar-refractivity contribution in [2.24, 2.45) is 0 Å². The number of fused-ring (bicyclic) bond motifs is 3. The lowest BCUT2D eigenvalue weighted by Gasteiger charge is -2.34. The van der Waals surface area contributed by atoms with Gasteiger partial charge in [-0.2, -0.15) is 0 Å². The average molecular weight is 329 g/mol. The highest BCUT2D eigenvalue weighted by molar-refractivity contribution is 5.79. The van der Waals surface area contributed by atoms with Crippen LogP contribution in [-0.2, 0) is 5.41 Å². The first-order valence-electron chi connectivity index (χ1n) is 8.43. The van der Waals surface area contributed by atoms with Crippen molar-refractivity contribution < 1.29 is 4.92 Å². The summed E-state index contributed by atoms with van der Waals surface area (Å²) in [6.45, 7) is 4.44. The minimum absolute atomic E-state index is 0.131. The van der Waals surface area contributed by atoms with Crippen molar-refractivity contribution in [2.45, 2.75) is 25.2 Å². The number of non-ortho nitro benzene ring substituents is 1. The first kappa shape index (κ1) is 15.6. The zero-order valence-electron chi connectivity index (χ0n) is 14.3. The van der Waals surface area contributed by atoms with E-state index in [1.807, 2.05) is 12.1 Å². The highest BCUT2D eigenvalue weighted by Crippen LogP contribution is 2.53. The molecule has 25 heavy (non-hydrogen) atoms. The molecule has 0 saturated heterocycles. The van der Waals surface area contributed by atoms with Crippen molar-refractivity contribution in [1.29, 1.82) is 0 Å². The van der Waals surface area contributed by atoms with Gasteiger partial charge >= 0.3 is 0 Å². The molecule has 1 aliphatic carbocycles. The van der Waals surface area contributed by atoms with E-state index >= 15 is 0 Å². The van der Waals surface area contributed by atoms with Crippen LogP contribution in [0.25, 0.3) is 11.1 Å². The van der Waals surface area contributed by atoms with Crippen LogP contribution in [0.1, 0.15) is 36.5 Å². The number of nitro benzene ring substituents is 1. The van der Waals surface area contributed by atoms with Crippen molar-refractivity contribution in [3.05, 3.63) is 99.6 Å². The normalized spacial score (nSPS) is 13.4. The van der Waals surface area contributed by atoms with Gasteiger partial charge in [0, 0.05) is 23.5 Å². The van der Waals surface area contributed by atoms with Crippen LogP contribution in [0.15, 0.2) is 72.8 Å². The van der Waals surface area contributed by atoms with E-state index in [2.05, 4.69) is 62.4 Å². The summed E-state index contributed by atoms with van der Waals surface area (Å²) in [6.07, 6.45) is 0. The van der Waals surface area contributed by atoms with Gasteiger partial charge in [-0.3, -0.25) is 10.1 Å². The number of rotatable bonds is 3. The highest BCUT2D eigenvalue weighted by Gasteiger charge is 2.40. The van der Waals surface area contributed by atoms with Crippen LogP contribution in [0.5, 0.6) is 0 Å². The van der Waals surface area contributed by atoms with Crippen LogP contribution in [-0.4, -0.2) is 4.92 Å². The predicted octanol–water partition coefficient (Wildman–Crippen LogP) is 5.68. The zero-order chi connectivity index (χ0) is 17.6. The summed E-state index contributed by atoms with van der Waals surface area (Å²) in [4.78, 5) is 10.6. The highest BCUT2D eigenvalue weighted by atomic mass is 16.6. The van der Waals surface area contributed by atoms with E-state index in [0.29, 0.717) is 0 Å². The molecule has 0 amide bonds. The number of hydrogen-bond donors (Lipinski definition) is 0. The Hall–Kier alpha value is -2.94. The molecule has 0 atom stereocenters. The Balaban J connectivity index is 1.86. The Morgan fingerprint density at radius 1 is 0.800 bits per heavy atom. The lowest BCUT2D eigenvalue weighted by molar-refractivity contribution is -0.384. The summed E-state index contributed by atoms with van der Waals surface area (Å²) >= 11 is 0. The topological polar surface area (TPSA) is 43.1 Å². The van der Waals surface area contributed by atoms with E-state index in [-0.39, 0.29) is 21.9 Å². The monoisotopic (exact) mass is 329 g/mol. The largest absolute Gasteiger partial charge is 0.269 e. The Kier molecular flexibility index (Phi) is 3.46. The molecule has 0 heterocycles. The second-order valence-corrected chi connectivity index (χ2v) is 7.13. The van der Waals surface area contributed by atoms with Crippen molar-refractivity contribution in [3.63, 3.8) is 0 Å². The van der Waals surface area contributed by atoms with Crippen molar-refractivity contribution in [1.82, 2.24) is 0 Å². The molecule has 0 aliphatic heterocycles. The van der Waals surface area contributed by atoms with Crippen LogP contribution in [0, 0.1) is 10.1 Å². The second-order valence-electron chi connectivity index (χ2n) is 7.13. The van der Waals surface area contributed by atoms with Gasteiger partial charge in [-0.05, 0) is 27.8 Å². The lowest BCUT2D eigenvalue weighted by Crippen LogP contribution is -2.26. The summed E-state index contributed by atoms with van der Waals surface area (Å²) in [5.41, 5.74) is 6.29. The van der Waals surface area contributed by atoms with Gasteiger partial charge in [-0.15, -0.1) is 0 Å². The first-order valence-corrected chi connectivity index (χ1v) is 8.43. The fourth-order valence-electron chi connectivity index (χ4n) is 4.11. The third-order valence-corrected chi connectivity index (χ3v) is 5.38. The van der Waals surface area contributed by atoms with Gasteiger partial charge in [0.05, 0.1) is 4.92 Å². The Labute approximate surface area is 147 Å². The molecular formula is C22H19NO2. The summed E-state index contributed by atoms with van der Waals surface area (Å²) in [5.74, 6) is 0.223. The summed E-state index contributed by atoms with van der Waals surface area (Å²) in [6, 6.07) is 24.1. The number of nitro groups is 1. The SMILES string of the molecule is CC(C)(c1ccc([N+](=O)[O-])cc1)C1c2ccccc2-c2ccccc21. The van der Waals surface area contributed by atoms with Crippen LogP contribution in [0.3, 0.4) is 0 Å². The molecule has 0 N–H and O–H groups in total. The number of hydrogen-bond acceptors (Lipinski definition) is 2. The number of nitrogens with zero attached hydrogens (tertiary/aromatic N) is 1. The van der Waals surface area contributed by atoms with E-state index in [4.69, 9.17) is 0 Å². The van der Waals surface area contributed by atoms with E-state index < -0.39 is 0 Å². The first-order chi connectivity index (χ1) is 12.0. The predicted molar refractivity (Wildman–Crippen MR) is 99.8 cm³/mol. The molecule has 0 fully saturated rings. The standard InChI is InChI=1S/C22H19NO2/c1-22(2,15-11-13-16(14-12-15)23(24)25)21-19-9-5-3-7-17(19)18-8-4-6-10-20(18)21/h3-14,21H,1-2H3. The van der Waals surface area contributed by atoms with Crippen molar-refractivity contribution in [2.75, 3.05) is 0 Å². The maximum absolute atomic E-state index is 11.0. The molecule has 3 aromatic rings. The fourth-order valence-corrected chi connectivity index (χ4v) is 4.11. The van der Waals surface area contributed by atoms with Gasteiger partial charge in [-0.25, -0.2) is 0 Å². The Morgan fingerprint density at radius 3 is 1.76 bits per heavy atom. The van der Waals surface area contributed by atoms with E-state index in [1.54, 1.807) is 12.1 Å². The van der Waals surface area contributed by atoms with E-state index in [1.165, 1.54) is 22.3 Å². The molecule has 0 unspecified atom stereocenters. The van der Waals surface area contributed by atoms with Gasteiger partial charge < -0.3 is 0 Å². The maximum Gasteiger partial charge on any atom is 0.269 e. The average Bonchev–Trinajstić information content (AvgIpc) is 2.97. The molecule has 3 nitrogen and oxygen atoms in total. The van der Waals surface area contributed by atoms with Gasteiger partial charge in [0.2, 0.25) is 0 Å². The smallest absolute Gasteiger partial charge is 0.258 e. The third kappa shape index (κ3) is 2.35. The minimum Gasteiger partial charge on any atom is -0.258 e. The van der Waals surface area contributed by atoms with Crippen molar-refractivity contribution in [3.8, 4) is 11.1 Å². The van der Waals surface area contributed by atoms with Crippen LogP contribution in [0.2, 0.25) is 0 Å². The molecule has 0 radical (unpaired) electrons. The van der Waals surface area contributed by atoms with Crippen LogP contribution in [0.4, 0.5) is 5.69 Å². The van der Waals surface area contributed by atoms with Gasteiger partial charge in [0.1, 0.15) is 0 Å². The zero-order valence-corrected chi connectivity index (χ0v) is 14.3. The third-order valence-electron chi connectivity index (χ3n) is 5.38. The fraction of sp³-hybridized carbons (Fsp3) is 0.182. The molecule has 0 spiro atoms. The molecular weight excluding hydrogens is 310 g/mol. The van der Waals surface area contributed by atoms with Crippen molar-refractivity contribution >= 4 is 5.69 Å². The van der Waals surface area contributed by atoms with Crippen LogP contribution >= 0.6 is 0 Å². The van der Waals surface area contributed by atoms with Crippen LogP contribution < -0.4 is 0 Å². The summed E-state index contributed by atoms with van der Waals surface area (Å²) < 4.78 is 0. The molecule has 0 bridgehead atoms. The van der Waals surface area contributed by atoms with Gasteiger partial charge in [0.25, 0.3) is 5.69 Å². The number of benzene rings is 3. The molecule has 0 aromatic heterocycles. The quantitative estimate of drug-likeness (QED) is 0.458. The summed E-state index contributed by atoms with van der Waals surface area (Å²) in [7, 11) is 0. The van der Waals surface area contributed by atoms with Gasteiger partial charge in [0.15, 0.2) is 0 Å². The Morgan fingerprint density at radius 2 is 1.28 bits per heavy atom. The Bertz CT molecular complexity index is 912. The van der Waals surface area contributed by atoms with E-state index in [9.17, 15) is 10.1 Å². The molecule has 1 aliphatic rings. The lowest BCUT2D eigenvalue weighted by atomic mass is 9.69. The molecule has 3 aromatic carbocycles. The minimum atomic E-state index is -0.350. The maximum atomic E-state index is 11.0. The molecule has 124 valence electrons. The summed E-state index contributed by atoms with van der Waals surface area (Å²) in [5, 5.41) is 11.0. The molecule has 4 rings (SSSR count). The molecule has 0 saturated carbocycles. The van der Waals surface area contributed by atoms with E-state index in [0.717, 1.165) is 5.56 Å². The molecule has 3 heteroatoms. The second kappa shape index (κ2) is 5.55.